The molecule has 1 fully saturated rings. The molecule has 1 aliphatic heterocycles. The highest BCUT2D eigenvalue weighted by atomic mass is 28.4. The molecule has 2 nitrogen and oxygen atoms in total. The first-order valence-corrected chi connectivity index (χ1v) is 5.54. The fourth-order valence-electron chi connectivity index (χ4n) is 0.653. The van der Waals surface area contributed by atoms with Gasteiger partial charge in [-0.25, -0.2) is 0 Å². The standard InChI is InChI=1S/C5H10O2Si2/c1-3-4-5(2)9-6-8-7-9/h3,9H,1-2,4,8H2. The van der Waals surface area contributed by atoms with Gasteiger partial charge >= 0.3 is 9.28 Å². The van der Waals surface area contributed by atoms with E-state index in [4.69, 9.17) is 8.23 Å². The van der Waals surface area contributed by atoms with Crippen LogP contribution >= 0.6 is 0 Å². The lowest BCUT2D eigenvalue weighted by molar-refractivity contribution is 0.321. The van der Waals surface area contributed by atoms with Crippen LogP contribution in [0.25, 0.3) is 0 Å². The van der Waals surface area contributed by atoms with E-state index in [9.17, 15) is 0 Å². The Kier molecular flexibility index (Phi) is 2.41. The topological polar surface area (TPSA) is 18.5 Å². The normalized spacial score (nSPS) is 27.3. The predicted molar refractivity (Wildman–Crippen MR) is 41.8 cm³/mol. The zero-order valence-corrected chi connectivity index (χ0v) is 7.87. The molecule has 0 atom stereocenters. The second-order valence-electron chi connectivity index (χ2n) is 1.93. The van der Waals surface area contributed by atoms with Gasteiger partial charge in [0, 0.05) is 0 Å². The maximum Gasteiger partial charge on any atom is 0.333 e. The van der Waals surface area contributed by atoms with Crippen molar-refractivity contribution in [2.24, 2.45) is 0 Å². The highest BCUT2D eigenvalue weighted by Crippen LogP contribution is 2.11. The lowest BCUT2D eigenvalue weighted by Crippen LogP contribution is -2.40. The zero-order valence-electron chi connectivity index (χ0n) is 5.30. The molecular formula is C5H10O2Si2. The van der Waals surface area contributed by atoms with Gasteiger partial charge in [-0.3, -0.25) is 0 Å². The molecule has 0 unspecified atom stereocenters. The van der Waals surface area contributed by atoms with Crippen LogP contribution in [0.5, 0.6) is 0 Å². The van der Waals surface area contributed by atoms with Crippen LogP contribution < -0.4 is 0 Å². The van der Waals surface area contributed by atoms with Crippen LogP contribution in [0.2, 0.25) is 0 Å². The van der Waals surface area contributed by atoms with Crippen LogP contribution in [0, 0.1) is 0 Å². The van der Waals surface area contributed by atoms with Gasteiger partial charge < -0.3 is 8.23 Å². The van der Waals surface area contributed by atoms with Crippen molar-refractivity contribution in [2.45, 2.75) is 6.42 Å². The minimum Gasteiger partial charge on any atom is -0.419 e. The maximum atomic E-state index is 5.25. The van der Waals surface area contributed by atoms with Gasteiger partial charge in [0.15, 0.2) is 0 Å². The maximum absolute atomic E-state index is 5.25. The Morgan fingerprint density at radius 2 is 2.33 bits per heavy atom. The SMILES string of the molecule is C=CCC(=C)[SiH]1O[SiH2]O1. The van der Waals surface area contributed by atoms with Crippen LogP contribution in [0.1, 0.15) is 6.42 Å². The van der Waals surface area contributed by atoms with Crippen molar-refractivity contribution in [3.8, 4) is 0 Å². The first-order valence-electron chi connectivity index (χ1n) is 2.86. The molecular weight excluding hydrogens is 148 g/mol. The number of rotatable bonds is 3. The van der Waals surface area contributed by atoms with Crippen molar-refractivity contribution in [1.82, 2.24) is 0 Å². The summed E-state index contributed by atoms with van der Waals surface area (Å²) < 4.78 is 10.5. The molecule has 1 heterocycles. The van der Waals surface area contributed by atoms with Crippen LogP contribution in [0.4, 0.5) is 0 Å². The van der Waals surface area contributed by atoms with Gasteiger partial charge in [-0.1, -0.05) is 12.7 Å². The summed E-state index contributed by atoms with van der Waals surface area (Å²) in [5.74, 6) is 0. The van der Waals surface area contributed by atoms with Crippen molar-refractivity contribution in [1.29, 1.82) is 0 Å². The fourth-order valence-corrected chi connectivity index (χ4v) is 3.99. The third-order valence-electron chi connectivity index (χ3n) is 1.18. The van der Waals surface area contributed by atoms with E-state index in [1.54, 1.807) is 0 Å². The molecule has 0 aromatic rings. The van der Waals surface area contributed by atoms with E-state index < -0.39 is 19.3 Å². The minimum absolute atomic E-state index is 0.536. The quantitative estimate of drug-likeness (QED) is 0.423. The van der Waals surface area contributed by atoms with Gasteiger partial charge in [0.25, 0.3) is 10.0 Å². The van der Waals surface area contributed by atoms with E-state index >= 15 is 0 Å². The Hall–Kier alpha value is -0.166. The summed E-state index contributed by atoms with van der Waals surface area (Å²) in [6.45, 7) is 7.43. The molecule has 0 bridgehead atoms. The van der Waals surface area contributed by atoms with E-state index in [-0.39, 0.29) is 0 Å². The van der Waals surface area contributed by atoms with Gasteiger partial charge in [0.1, 0.15) is 0 Å². The average molecular weight is 158 g/mol. The molecule has 1 rings (SSSR count). The van der Waals surface area contributed by atoms with Crippen molar-refractivity contribution in [3.63, 3.8) is 0 Å². The molecule has 0 aromatic carbocycles. The summed E-state index contributed by atoms with van der Waals surface area (Å²) in [7, 11) is -1.85. The molecule has 0 spiro atoms. The summed E-state index contributed by atoms with van der Waals surface area (Å²) in [6, 6.07) is 0. The Balaban J connectivity index is 2.23. The first kappa shape index (κ1) is 6.95. The molecule has 4 heteroatoms. The second-order valence-corrected chi connectivity index (χ2v) is 6.32. The second kappa shape index (κ2) is 3.12. The number of allylic oxidation sites excluding steroid dienone is 2. The average Bonchev–Trinajstić information content (AvgIpc) is 1.60. The van der Waals surface area contributed by atoms with E-state index in [0.29, 0.717) is 0 Å². The van der Waals surface area contributed by atoms with E-state index in [1.165, 1.54) is 0 Å². The highest BCUT2D eigenvalue weighted by molar-refractivity contribution is 6.69. The summed E-state index contributed by atoms with van der Waals surface area (Å²) in [4.78, 5) is 0. The molecule has 1 aliphatic rings. The Bertz CT molecular complexity index is 131. The summed E-state index contributed by atoms with van der Waals surface area (Å²) in [5.41, 5.74) is 0. The minimum atomic E-state index is -1.32. The molecule has 0 amide bonds. The molecule has 0 saturated carbocycles. The largest absolute Gasteiger partial charge is 0.419 e. The lowest BCUT2D eigenvalue weighted by Gasteiger charge is -2.26. The third-order valence-corrected chi connectivity index (χ3v) is 5.59. The van der Waals surface area contributed by atoms with Crippen molar-refractivity contribution in [2.75, 3.05) is 0 Å². The summed E-state index contributed by atoms with van der Waals surface area (Å²) >= 11 is 0. The third kappa shape index (κ3) is 1.62. The molecule has 1 saturated heterocycles. The number of hydrogen-bond donors (Lipinski definition) is 0. The smallest absolute Gasteiger partial charge is 0.333 e. The van der Waals surface area contributed by atoms with E-state index in [0.717, 1.165) is 11.6 Å². The van der Waals surface area contributed by atoms with Crippen molar-refractivity contribution in [3.05, 3.63) is 24.4 Å². The fraction of sp³-hybridized carbons (Fsp3) is 0.200. The van der Waals surface area contributed by atoms with Crippen molar-refractivity contribution >= 4 is 19.3 Å². The lowest BCUT2D eigenvalue weighted by atomic mass is 10.4. The van der Waals surface area contributed by atoms with Crippen LogP contribution in [0.15, 0.2) is 24.4 Å². The predicted octanol–water partition coefficient (Wildman–Crippen LogP) is -0.0760. The zero-order chi connectivity index (χ0) is 6.69. The van der Waals surface area contributed by atoms with Gasteiger partial charge in [-0.2, -0.15) is 0 Å². The van der Waals surface area contributed by atoms with Gasteiger partial charge in [0.05, 0.1) is 0 Å². The molecule has 0 aliphatic carbocycles. The Labute approximate surface area is 59.1 Å². The van der Waals surface area contributed by atoms with Crippen LogP contribution in [-0.4, -0.2) is 19.3 Å². The Morgan fingerprint density at radius 3 is 2.67 bits per heavy atom. The molecule has 50 valence electrons. The molecule has 0 radical (unpaired) electrons. The van der Waals surface area contributed by atoms with E-state index in [1.807, 2.05) is 6.08 Å². The first-order chi connectivity index (χ1) is 4.34. The van der Waals surface area contributed by atoms with Gasteiger partial charge in [0.2, 0.25) is 0 Å². The van der Waals surface area contributed by atoms with Crippen LogP contribution in [0.3, 0.4) is 0 Å². The molecule has 9 heavy (non-hydrogen) atoms. The molecule has 0 aromatic heterocycles. The van der Waals surface area contributed by atoms with Gasteiger partial charge in [-0.05, 0) is 11.6 Å². The highest BCUT2D eigenvalue weighted by Gasteiger charge is 2.24. The van der Waals surface area contributed by atoms with Crippen LogP contribution in [-0.2, 0) is 8.23 Å². The van der Waals surface area contributed by atoms with Crippen molar-refractivity contribution < 1.29 is 8.23 Å². The van der Waals surface area contributed by atoms with Gasteiger partial charge in [-0.15, -0.1) is 6.58 Å². The monoisotopic (exact) mass is 158 g/mol. The molecule has 0 N–H and O–H groups in total. The summed E-state index contributed by atoms with van der Waals surface area (Å²) in [6.07, 6.45) is 2.69. The summed E-state index contributed by atoms with van der Waals surface area (Å²) in [5, 5.41) is 1.11. The Morgan fingerprint density at radius 1 is 1.67 bits per heavy atom. The number of hydrogen-bond acceptors (Lipinski definition) is 2. The van der Waals surface area contributed by atoms with E-state index in [2.05, 4.69) is 13.2 Å².